The number of hydrogen-bond acceptors (Lipinski definition) is 5. The molecule has 0 bridgehead atoms. The van der Waals surface area contributed by atoms with Crippen molar-refractivity contribution in [3.05, 3.63) is 23.7 Å². The molecule has 2 aromatic heterocycles. The summed E-state index contributed by atoms with van der Waals surface area (Å²) in [6, 6.07) is 0.941. The van der Waals surface area contributed by atoms with Gasteiger partial charge in [0.1, 0.15) is 5.69 Å². The Bertz CT molecular complexity index is 638. The normalized spacial score (nSPS) is 11.9. The number of aryl methyl sites for hydroxylation is 1. The van der Waals surface area contributed by atoms with E-state index in [2.05, 4.69) is 15.1 Å². The minimum atomic E-state index is -4.52. The molecule has 0 spiro atoms. The Morgan fingerprint density at radius 3 is 2.57 bits per heavy atom. The van der Waals surface area contributed by atoms with Gasteiger partial charge in [-0.2, -0.15) is 18.3 Å². The molecule has 0 atom stereocenters. The highest BCUT2D eigenvalue weighted by molar-refractivity contribution is 7.99. The lowest BCUT2D eigenvalue weighted by Gasteiger charge is -2.10. The van der Waals surface area contributed by atoms with Crippen molar-refractivity contribution in [3.63, 3.8) is 0 Å². The summed E-state index contributed by atoms with van der Waals surface area (Å²) < 4.78 is 40.4. The Kier molecular flexibility index (Phi) is 4.52. The van der Waals surface area contributed by atoms with Crippen molar-refractivity contribution in [2.45, 2.75) is 18.3 Å². The molecular formula is C12H14F3N5S. The molecule has 2 rings (SSSR count). The third-order valence-electron chi connectivity index (χ3n) is 2.86. The molecule has 9 heteroatoms. The number of nitrogens with zero attached hydrogens (tertiary/aromatic N) is 4. The van der Waals surface area contributed by atoms with Gasteiger partial charge in [0, 0.05) is 30.6 Å². The lowest BCUT2D eigenvalue weighted by molar-refractivity contribution is -0.141. The minimum Gasteiger partial charge on any atom is -0.330 e. The Balaban J connectivity index is 2.52. The molecule has 2 N–H and O–H groups in total. The summed E-state index contributed by atoms with van der Waals surface area (Å²) in [6.45, 7) is 2.11. The summed E-state index contributed by atoms with van der Waals surface area (Å²) in [4.78, 5) is 7.72. The van der Waals surface area contributed by atoms with Crippen LogP contribution in [0.2, 0.25) is 0 Å². The molecule has 0 unspecified atom stereocenters. The standard InChI is InChI=1S/C12H14F3N5S/c1-7-8(6-17-20(7)2)9-5-10(12(13,14)15)19-11(18-9)21-4-3-16/h5-6H,3-4,16H2,1-2H3. The van der Waals surface area contributed by atoms with Crippen LogP contribution >= 0.6 is 11.8 Å². The van der Waals surface area contributed by atoms with Crippen molar-refractivity contribution in [1.82, 2.24) is 19.7 Å². The van der Waals surface area contributed by atoms with E-state index in [1.165, 1.54) is 6.20 Å². The summed E-state index contributed by atoms with van der Waals surface area (Å²) in [5.41, 5.74) is 5.90. The van der Waals surface area contributed by atoms with Crippen molar-refractivity contribution in [2.24, 2.45) is 12.8 Å². The van der Waals surface area contributed by atoms with Gasteiger partial charge in [-0.25, -0.2) is 9.97 Å². The molecule has 0 aliphatic heterocycles. The van der Waals surface area contributed by atoms with E-state index in [4.69, 9.17) is 5.73 Å². The highest BCUT2D eigenvalue weighted by atomic mass is 32.2. The zero-order chi connectivity index (χ0) is 15.6. The zero-order valence-electron chi connectivity index (χ0n) is 11.5. The fourth-order valence-electron chi connectivity index (χ4n) is 1.67. The number of thioether (sulfide) groups is 1. The van der Waals surface area contributed by atoms with E-state index in [0.717, 1.165) is 23.5 Å². The summed E-state index contributed by atoms with van der Waals surface area (Å²) >= 11 is 1.10. The first-order valence-corrected chi connectivity index (χ1v) is 7.09. The molecule has 114 valence electrons. The maximum absolute atomic E-state index is 12.9. The Morgan fingerprint density at radius 2 is 2.05 bits per heavy atom. The zero-order valence-corrected chi connectivity index (χ0v) is 12.3. The van der Waals surface area contributed by atoms with Crippen LogP contribution in [0.1, 0.15) is 11.4 Å². The van der Waals surface area contributed by atoms with E-state index < -0.39 is 11.9 Å². The van der Waals surface area contributed by atoms with Crippen molar-refractivity contribution in [1.29, 1.82) is 0 Å². The molecule has 0 aliphatic rings. The fourth-order valence-corrected chi connectivity index (χ4v) is 2.30. The van der Waals surface area contributed by atoms with E-state index >= 15 is 0 Å². The van der Waals surface area contributed by atoms with Gasteiger partial charge in [0.15, 0.2) is 5.16 Å². The monoisotopic (exact) mass is 317 g/mol. The Morgan fingerprint density at radius 1 is 1.33 bits per heavy atom. The van der Waals surface area contributed by atoms with Gasteiger partial charge < -0.3 is 5.73 Å². The Hall–Kier alpha value is -1.61. The molecule has 0 radical (unpaired) electrons. The molecule has 21 heavy (non-hydrogen) atoms. The number of nitrogens with two attached hydrogens (primary N) is 1. The van der Waals surface area contributed by atoms with Crippen LogP contribution in [0.5, 0.6) is 0 Å². The quantitative estimate of drug-likeness (QED) is 0.692. The minimum absolute atomic E-state index is 0.0635. The van der Waals surface area contributed by atoms with Crippen LogP contribution in [0.15, 0.2) is 17.4 Å². The van der Waals surface area contributed by atoms with E-state index in [-0.39, 0.29) is 10.9 Å². The smallest absolute Gasteiger partial charge is 0.330 e. The van der Waals surface area contributed by atoms with Gasteiger partial charge in [0.05, 0.1) is 11.9 Å². The van der Waals surface area contributed by atoms with Crippen molar-refractivity contribution in [3.8, 4) is 11.3 Å². The van der Waals surface area contributed by atoms with E-state index in [0.29, 0.717) is 17.9 Å². The molecule has 0 aromatic carbocycles. The first kappa shape index (κ1) is 15.8. The van der Waals surface area contributed by atoms with Crippen molar-refractivity contribution in [2.75, 3.05) is 12.3 Å². The highest BCUT2D eigenvalue weighted by Gasteiger charge is 2.34. The molecule has 0 saturated carbocycles. The lowest BCUT2D eigenvalue weighted by Crippen LogP contribution is -2.11. The second-order valence-electron chi connectivity index (χ2n) is 4.32. The lowest BCUT2D eigenvalue weighted by atomic mass is 10.1. The number of hydrogen-bond donors (Lipinski definition) is 1. The fraction of sp³-hybridized carbons (Fsp3) is 0.417. The molecule has 0 aliphatic carbocycles. The SMILES string of the molecule is Cc1c(-c2cc(C(F)(F)F)nc(SCCN)n2)cnn1C. The number of alkyl halides is 3. The van der Waals surface area contributed by atoms with Crippen LogP contribution in [0, 0.1) is 6.92 Å². The van der Waals surface area contributed by atoms with Gasteiger partial charge in [-0.05, 0) is 13.0 Å². The van der Waals surface area contributed by atoms with Crippen LogP contribution in [0.3, 0.4) is 0 Å². The van der Waals surface area contributed by atoms with Gasteiger partial charge in [-0.3, -0.25) is 4.68 Å². The molecular weight excluding hydrogens is 303 g/mol. The second-order valence-corrected chi connectivity index (χ2v) is 5.39. The van der Waals surface area contributed by atoms with Gasteiger partial charge in [0.25, 0.3) is 0 Å². The summed E-state index contributed by atoms with van der Waals surface area (Å²) in [5, 5.41) is 4.09. The summed E-state index contributed by atoms with van der Waals surface area (Å²) in [7, 11) is 1.72. The average molecular weight is 317 g/mol. The molecule has 0 fully saturated rings. The third kappa shape index (κ3) is 3.53. The number of halogens is 3. The van der Waals surface area contributed by atoms with Crippen molar-refractivity contribution >= 4 is 11.8 Å². The van der Waals surface area contributed by atoms with E-state index in [1.807, 2.05) is 0 Å². The maximum atomic E-state index is 12.9. The average Bonchev–Trinajstić information content (AvgIpc) is 2.75. The predicted octanol–water partition coefficient (Wildman–Crippen LogP) is 2.26. The molecule has 0 amide bonds. The third-order valence-corrected chi connectivity index (χ3v) is 3.74. The van der Waals surface area contributed by atoms with E-state index in [1.54, 1.807) is 18.7 Å². The second kappa shape index (κ2) is 6.02. The first-order valence-electron chi connectivity index (χ1n) is 6.11. The number of rotatable bonds is 4. The van der Waals surface area contributed by atoms with Crippen LogP contribution in [-0.2, 0) is 13.2 Å². The largest absolute Gasteiger partial charge is 0.433 e. The predicted molar refractivity (Wildman–Crippen MR) is 73.8 cm³/mol. The highest BCUT2D eigenvalue weighted by Crippen LogP contribution is 2.32. The van der Waals surface area contributed by atoms with Gasteiger partial charge in [0.2, 0.25) is 0 Å². The van der Waals surface area contributed by atoms with Crippen LogP contribution in [0.25, 0.3) is 11.3 Å². The van der Waals surface area contributed by atoms with Gasteiger partial charge in [-0.1, -0.05) is 11.8 Å². The summed E-state index contributed by atoms with van der Waals surface area (Å²) in [6.07, 6.45) is -3.03. The van der Waals surface area contributed by atoms with Crippen LogP contribution < -0.4 is 5.73 Å². The van der Waals surface area contributed by atoms with Crippen LogP contribution in [0.4, 0.5) is 13.2 Å². The molecule has 2 heterocycles. The van der Waals surface area contributed by atoms with Gasteiger partial charge in [-0.15, -0.1) is 0 Å². The number of aromatic nitrogens is 4. The molecule has 5 nitrogen and oxygen atoms in total. The first-order chi connectivity index (χ1) is 9.82. The van der Waals surface area contributed by atoms with Gasteiger partial charge >= 0.3 is 6.18 Å². The molecule has 0 saturated heterocycles. The summed E-state index contributed by atoms with van der Waals surface area (Å²) in [5.74, 6) is 0.451. The molecule has 2 aromatic rings. The topological polar surface area (TPSA) is 69.6 Å². The maximum Gasteiger partial charge on any atom is 0.433 e. The van der Waals surface area contributed by atoms with E-state index in [9.17, 15) is 13.2 Å². The Labute approximate surface area is 123 Å². The van der Waals surface area contributed by atoms with Crippen molar-refractivity contribution < 1.29 is 13.2 Å². The van der Waals surface area contributed by atoms with Crippen LogP contribution in [-0.4, -0.2) is 32.0 Å².